The highest BCUT2D eigenvalue weighted by Crippen LogP contribution is 2.15. The monoisotopic (exact) mass is 263 g/mol. The van der Waals surface area contributed by atoms with E-state index in [9.17, 15) is 5.11 Å². The van der Waals surface area contributed by atoms with Gasteiger partial charge in [0.05, 0.1) is 18.7 Å². The van der Waals surface area contributed by atoms with Gasteiger partial charge in [0.2, 0.25) is 0 Å². The Morgan fingerprint density at radius 2 is 2.11 bits per heavy atom. The van der Waals surface area contributed by atoms with Gasteiger partial charge in [0.25, 0.3) is 0 Å². The van der Waals surface area contributed by atoms with Crippen molar-refractivity contribution in [1.29, 1.82) is 0 Å². The number of hydrogen-bond donors (Lipinski definition) is 1. The lowest BCUT2D eigenvalue weighted by molar-refractivity contribution is 0.166. The molecule has 0 saturated carbocycles. The molecule has 0 radical (unpaired) electrons. The molecular weight excluding hydrogens is 246 g/mol. The van der Waals surface area contributed by atoms with E-state index in [2.05, 4.69) is 4.98 Å². The summed E-state index contributed by atoms with van der Waals surface area (Å²) in [7, 11) is 1.66. The molecule has 1 unspecified atom stereocenters. The summed E-state index contributed by atoms with van der Waals surface area (Å²) in [5, 5.41) is 9.94. The highest BCUT2D eigenvalue weighted by atomic mass is 32.1. The van der Waals surface area contributed by atoms with Gasteiger partial charge >= 0.3 is 0 Å². The Hall–Kier alpha value is -1.39. The number of rotatable bonds is 6. The molecule has 2 rings (SSSR count). The van der Waals surface area contributed by atoms with Gasteiger partial charge in [0.1, 0.15) is 5.75 Å². The van der Waals surface area contributed by atoms with Crippen molar-refractivity contribution in [2.75, 3.05) is 7.11 Å². The molecule has 96 valence electrons. The number of aliphatic hydroxyl groups excluding tert-OH is 1. The van der Waals surface area contributed by atoms with Gasteiger partial charge in [-0.05, 0) is 30.5 Å². The van der Waals surface area contributed by atoms with Crippen molar-refractivity contribution >= 4 is 11.3 Å². The minimum atomic E-state index is -0.299. The van der Waals surface area contributed by atoms with Crippen molar-refractivity contribution in [3.05, 3.63) is 46.4 Å². The zero-order valence-corrected chi connectivity index (χ0v) is 11.2. The Kier molecular flexibility index (Phi) is 4.73. The first-order valence-corrected chi connectivity index (χ1v) is 6.84. The van der Waals surface area contributed by atoms with Crippen LogP contribution in [0.25, 0.3) is 0 Å². The Balaban J connectivity index is 1.79. The van der Waals surface area contributed by atoms with Gasteiger partial charge in [0, 0.05) is 17.5 Å². The Morgan fingerprint density at radius 1 is 1.33 bits per heavy atom. The van der Waals surface area contributed by atoms with Crippen LogP contribution in [0.5, 0.6) is 5.75 Å². The molecule has 0 aliphatic rings. The van der Waals surface area contributed by atoms with E-state index < -0.39 is 0 Å². The first-order valence-electron chi connectivity index (χ1n) is 5.96. The third-order valence-corrected chi connectivity index (χ3v) is 3.65. The zero-order valence-electron chi connectivity index (χ0n) is 10.4. The smallest absolute Gasteiger partial charge is 0.118 e. The van der Waals surface area contributed by atoms with E-state index in [0.29, 0.717) is 6.42 Å². The second-order valence-electron chi connectivity index (χ2n) is 4.21. The van der Waals surface area contributed by atoms with Crippen molar-refractivity contribution in [3.8, 4) is 5.75 Å². The highest BCUT2D eigenvalue weighted by Gasteiger charge is 2.07. The molecular formula is C14H17NO2S. The predicted octanol–water partition coefficient (Wildman–Crippen LogP) is 2.69. The van der Waals surface area contributed by atoms with Crippen molar-refractivity contribution in [3.63, 3.8) is 0 Å². The van der Waals surface area contributed by atoms with Gasteiger partial charge in [0.15, 0.2) is 0 Å². The molecule has 0 amide bonds. The molecule has 18 heavy (non-hydrogen) atoms. The van der Waals surface area contributed by atoms with E-state index in [1.54, 1.807) is 24.0 Å². The zero-order chi connectivity index (χ0) is 12.8. The van der Waals surface area contributed by atoms with Crippen molar-refractivity contribution in [2.24, 2.45) is 0 Å². The standard InChI is InChI=1S/C14H17NO2S/c1-17-13-6-3-11(4-7-13)2-5-12(16)8-14-9-15-10-18-14/h3-4,6-7,9-10,12,16H,2,5,8H2,1H3. The van der Waals surface area contributed by atoms with Crippen LogP contribution < -0.4 is 4.74 Å². The molecule has 0 spiro atoms. The van der Waals surface area contributed by atoms with Gasteiger partial charge in [-0.2, -0.15) is 0 Å². The molecule has 4 heteroatoms. The third-order valence-electron chi connectivity index (χ3n) is 2.85. The molecule has 1 N–H and O–H groups in total. The molecule has 3 nitrogen and oxygen atoms in total. The molecule has 1 heterocycles. The third kappa shape index (κ3) is 3.82. The van der Waals surface area contributed by atoms with Gasteiger partial charge in [-0.15, -0.1) is 11.3 Å². The molecule has 1 atom stereocenters. The van der Waals surface area contributed by atoms with Crippen LogP contribution in [0.1, 0.15) is 16.9 Å². The van der Waals surface area contributed by atoms with Gasteiger partial charge in [-0.1, -0.05) is 12.1 Å². The van der Waals surface area contributed by atoms with E-state index in [4.69, 9.17) is 4.74 Å². The van der Waals surface area contributed by atoms with Gasteiger partial charge in [-0.3, -0.25) is 4.98 Å². The second-order valence-corrected chi connectivity index (χ2v) is 5.18. The number of nitrogens with zero attached hydrogens (tertiary/aromatic N) is 1. The molecule has 1 aromatic heterocycles. The van der Waals surface area contributed by atoms with E-state index in [1.165, 1.54) is 5.56 Å². The number of aryl methyl sites for hydroxylation is 1. The number of thiazole rings is 1. The van der Waals surface area contributed by atoms with Crippen LogP contribution in [0.3, 0.4) is 0 Å². The lowest BCUT2D eigenvalue weighted by Crippen LogP contribution is -2.10. The van der Waals surface area contributed by atoms with Crippen molar-refractivity contribution in [1.82, 2.24) is 4.98 Å². The van der Waals surface area contributed by atoms with Crippen LogP contribution in [-0.4, -0.2) is 23.3 Å². The number of hydrogen-bond acceptors (Lipinski definition) is 4. The average molecular weight is 263 g/mol. The number of benzene rings is 1. The predicted molar refractivity (Wildman–Crippen MR) is 73.1 cm³/mol. The summed E-state index contributed by atoms with van der Waals surface area (Å²) in [4.78, 5) is 5.14. The molecule has 2 aromatic rings. The van der Waals surface area contributed by atoms with Crippen LogP contribution in [0, 0.1) is 0 Å². The summed E-state index contributed by atoms with van der Waals surface area (Å²) >= 11 is 1.59. The van der Waals surface area contributed by atoms with Crippen molar-refractivity contribution in [2.45, 2.75) is 25.4 Å². The normalized spacial score (nSPS) is 12.3. The van der Waals surface area contributed by atoms with Gasteiger partial charge < -0.3 is 9.84 Å². The lowest BCUT2D eigenvalue weighted by atomic mass is 10.0. The molecule has 1 aromatic carbocycles. The fourth-order valence-corrected chi connectivity index (χ4v) is 2.47. The largest absolute Gasteiger partial charge is 0.497 e. The molecule has 0 aliphatic heterocycles. The van der Waals surface area contributed by atoms with E-state index >= 15 is 0 Å². The van der Waals surface area contributed by atoms with E-state index in [-0.39, 0.29) is 6.10 Å². The number of methoxy groups -OCH3 is 1. The average Bonchev–Trinajstić information content (AvgIpc) is 2.90. The second kappa shape index (κ2) is 6.52. The summed E-state index contributed by atoms with van der Waals surface area (Å²) in [6, 6.07) is 7.98. The van der Waals surface area contributed by atoms with E-state index in [0.717, 1.165) is 23.5 Å². The molecule has 0 fully saturated rings. The first kappa shape index (κ1) is 13.1. The Labute approximate surface area is 111 Å². The number of aromatic nitrogens is 1. The van der Waals surface area contributed by atoms with Crippen LogP contribution in [0.15, 0.2) is 36.0 Å². The topological polar surface area (TPSA) is 42.4 Å². The first-order chi connectivity index (χ1) is 8.78. The SMILES string of the molecule is COc1ccc(CCC(O)Cc2cncs2)cc1. The minimum absolute atomic E-state index is 0.299. The quantitative estimate of drug-likeness (QED) is 0.871. The number of aliphatic hydroxyl groups is 1. The fraction of sp³-hybridized carbons (Fsp3) is 0.357. The molecule has 0 bridgehead atoms. The summed E-state index contributed by atoms with van der Waals surface area (Å²) < 4.78 is 5.11. The molecule has 0 saturated heterocycles. The highest BCUT2D eigenvalue weighted by molar-refractivity contribution is 7.09. The van der Waals surface area contributed by atoms with Crippen molar-refractivity contribution < 1.29 is 9.84 Å². The van der Waals surface area contributed by atoms with Crippen LogP contribution in [0.4, 0.5) is 0 Å². The molecule has 0 aliphatic carbocycles. The Bertz CT molecular complexity index is 453. The summed E-state index contributed by atoms with van der Waals surface area (Å²) in [5.41, 5.74) is 3.02. The van der Waals surface area contributed by atoms with Crippen LogP contribution in [0.2, 0.25) is 0 Å². The lowest BCUT2D eigenvalue weighted by Gasteiger charge is -2.09. The van der Waals surface area contributed by atoms with Crippen LogP contribution >= 0.6 is 11.3 Å². The maximum absolute atomic E-state index is 9.94. The maximum Gasteiger partial charge on any atom is 0.118 e. The minimum Gasteiger partial charge on any atom is -0.497 e. The summed E-state index contributed by atoms with van der Waals surface area (Å²) in [5.74, 6) is 0.865. The number of ether oxygens (including phenoxy) is 1. The van der Waals surface area contributed by atoms with Gasteiger partial charge in [-0.25, -0.2) is 0 Å². The maximum atomic E-state index is 9.94. The fourth-order valence-electron chi connectivity index (χ4n) is 1.80. The Morgan fingerprint density at radius 3 is 2.72 bits per heavy atom. The van der Waals surface area contributed by atoms with E-state index in [1.807, 2.05) is 30.5 Å². The van der Waals surface area contributed by atoms with Crippen LogP contribution in [-0.2, 0) is 12.8 Å². The summed E-state index contributed by atoms with van der Waals surface area (Å²) in [6.07, 6.45) is 3.86. The summed E-state index contributed by atoms with van der Waals surface area (Å²) in [6.45, 7) is 0.